The average Bonchev–Trinajstić information content (AvgIpc) is 3.20. The number of benzene rings is 2. The number of β-amino-alcohol motifs (C(OH)–C–C–N with tert-alkyl or cyclic N) is 1. The number of nitrogens with zero attached hydrogens (tertiary/aromatic N) is 3. The Morgan fingerprint density at radius 1 is 1.18 bits per heavy atom. The van der Waals surface area contributed by atoms with E-state index in [2.05, 4.69) is 20.9 Å². The van der Waals surface area contributed by atoms with Crippen LogP contribution >= 0.6 is 0 Å². The molecule has 206 valence electrons. The second-order valence-electron chi connectivity index (χ2n) is 10.5. The minimum atomic E-state index is -0.604. The fourth-order valence-electron chi connectivity index (χ4n) is 5.20. The topological polar surface area (TPSA) is 109 Å². The number of aliphatic hydroxyl groups is 1. The van der Waals surface area contributed by atoms with Gasteiger partial charge in [0.25, 0.3) is 0 Å². The highest BCUT2D eigenvalue weighted by molar-refractivity contribution is 5.96. The molecule has 2 fully saturated rings. The summed E-state index contributed by atoms with van der Waals surface area (Å²) < 4.78 is 18.8. The fraction of sp³-hybridized carbons (Fsp3) is 0.467. The van der Waals surface area contributed by atoms with Crippen LogP contribution in [0, 0.1) is 11.3 Å². The van der Waals surface area contributed by atoms with Crippen LogP contribution in [0.3, 0.4) is 0 Å². The van der Waals surface area contributed by atoms with Crippen molar-refractivity contribution in [3.63, 3.8) is 0 Å². The summed E-state index contributed by atoms with van der Waals surface area (Å²) in [4.78, 5) is 14.2. The van der Waals surface area contributed by atoms with Gasteiger partial charge in [-0.2, -0.15) is 5.26 Å². The number of carbonyl (C=O) groups is 1. The Bertz CT molecular complexity index is 1330. The second-order valence-corrected chi connectivity index (χ2v) is 10.5. The van der Waals surface area contributed by atoms with Crippen LogP contribution in [0.4, 0.5) is 10.5 Å². The molecule has 0 radical (unpaired) electrons. The van der Waals surface area contributed by atoms with E-state index in [0.29, 0.717) is 42.8 Å². The lowest BCUT2D eigenvalue weighted by Gasteiger charge is -2.30. The van der Waals surface area contributed by atoms with Gasteiger partial charge in [-0.3, -0.25) is 10.2 Å². The summed E-state index contributed by atoms with van der Waals surface area (Å²) in [6.45, 7) is 7.36. The summed E-state index contributed by atoms with van der Waals surface area (Å²) in [5.41, 5.74) is 3.98. The molecule has 9 nitrogen and oxygen atoms in total. The van der Waals surface area contributed by atoms with Gasteiger partial charge in [0, 0.05) is 42.8 Å². The van der Waals surface area contributed by atoms with Crippen LogP contribution in [-0.4, -0.2) is 72.3 Å². The van der Waals surface area contributed by atoms with E-state index >= 15 is 0 Å². The molecule has 9 heteroatoms. The maximum absolute atomic E-state index is 12.0. The third kappa shape index (κ3) is 6.19. The van der Waals surface area contributed by atoms with E-state index < -0.39 is 12.2 Å². The van der Waals surface area contributed by atoms with Crippen LogP contribution in [0.1, 0.15) is 44.7 Å². The van der Waals surface area contributed by atoms with Crippen LogP contribution in [0.5, 0.6) is 5.75 Å². The largest absolute Gasteiger partial charge is 0.491 e. The van der Waals surface area contributed by atoms with Crippen LogP contribution in [0.15, 0.2) is 42.5 Å². The molecule has 1 saturated heterocycles. The minimum Gasteiger partial charge on any atom is -0.491 e. The van der Waals surface area contributed by atoms with Crippen molar-refractivity contribution in [1.29, 1.82) is 5.26 Å². The van der Waals surface area contributed by atoms with Gasteiger partial charge in [0.1, 0.15) is 24.5 Å². The fourth-order valence-corrected chi connectivity index (χ4v) is 5.20. The van der Waals surface area contributed by atoms with Gasteiger partial charge in [-0.15, -0.1) is 0 Å². The summed E-state index contributed by atoms with van der Waals surface area (Å²) in [6.07, 6.45) is 1.94. The zero-order valence-electron chi connectivity index (χ0n) is 22.6. The number of nitrogens with one attached hydrogen (secondary N) is 1. The molecular weight excluding hydrogens is 496 g/mol. The maximum atomic E-state index is 12.0. The molecule has 1 amide bonds. The number of nitriles is 1. The zero-order valence-corrected chi connectivity index (χ0v) is 22.6. The number of anilines is 1. The molecule has 2 heterocycles. The van der Waals surface area contributed by atoms with Crippen LogP contribution in [0.2, 0.25) is 0 Å². The molecule has 1 unspecified atom stereocenters. The minimum absolute atomic E-state index is 0.193. The lowest BCUT2D eigenvalue weighted by molar-refractivity contribution is 0.00466. The standard InChI is InChI=1S/C30H36N4O5/c1-20(2)39-30(36)32-22-8-6-21(7-9-22)29-27(17-31)26-11-10-25(16-28(26)34(29)23-4-3-5-23)38-19-24(35)18-33-12-14-37-15-13-33/h6-11,16,20,23-24,35H,3-5,12-15,18-19H2,1-2H3,(H,32,36). The van der Waals surface area contributed by atoms with Gasteiger partial charge >= 0.3 is 6.09 Å². The number of hydrogen-bond acceptors (Lipinski definition) is 7. The molecule has 1 aliphatic heterocycles. The van der Waals surface area contributed by atoms with Crippen molar-refractivity contribution in [2.24, 2.45) is 0 Å². The van der Waals surface area contributed by atoms with E-state index in [1.807, 2.05) is 42.5 Å². The van der Waals surface area contributed by atoms with Crippen LogP contribution in [-0.2, 0) is 9.47 Å². The predicted octanol–water partition coefficient (Wildman–Crippen LogP) is 4.93. The highest BCUT2D eigenvalue weighted by Gasteiger charge is 2.28. The Balaban J connectivity index is 1.40. The van der Waals surface area contributed by atoms with Crippen LogP contribution in [0.25, 0.3) is 22.2 Å². The molecule has 0 bridgehead atoms. The number of hydrogen-bond donors (Lipinski definition) is 2. The quantitative estimate of drug-likeness (QED) is 0.402. The number of carbonyl (C=O) groups excluding carboxylic acids is 1. The highest BCUT2D eigenvalue weighted by Crippen LogP contribution is 2.43. The Morgan fingerprint density at radius 2 is 1.92 bits per heavy atom. The monoisotopic (exact) mass is 532 g/mol. The third-order valence-corrected chi connectivity index (χ3v) is 7.29. The summed E-state index contributed by atoms with van der Waals surface area (Å²) in [5, 5.41) is 24.4. The molecule has 1 saturated carbocycles. The van der Waals surface area contributed by atoms with Crippen molar-refractivity contribution in [2.75, 3.05) is 44.8 Å². The van der Waals surface area contributed by atoms with Crippen molar-refractivity contribution in [3.05, 3.63) is 48.0 Å². The Morgan fingerprint density at radius 3 is 2.56 bits per heavy atom. The number of ether oxygens (including phenoxy) is 3. The Hall–Kier alpha value is -3.58. The predicted molar refractivity (Wildman–Crippen MR) is 149 cm³/mol. The first kappa shape index (κ1) is 27.0. The molecule has 1 aliphatic carbocycles. The summed E-state index contributed by atoms with van der Waals surface area (Å²) in [5.74, 6) is 0.667. The normalized spacial score (nSPS) is 17.0. The molecule has 0 spiro atoms. The first-order valence-corrected chi connectivity index (χ1v) is 13.7. The van der Waals surface area contributed by atoms with E-state index in [1.165, 1.54) is 0 Å². The molecule has 5 rings (SSSR count). The number of amides is 1. The molecule has 2 aliphatic rings. The number of fused-ring (bicyclic) bond motifs is 1. The molecule has 1 atom stereocenters. The van der Waals surface area contributed by atoms with Crippen molar-refractivity contribution >= 4 is 22.7 Å². The van der Waals surface area contributed by atoms with Gasteiger partial charge < -0.3 is 23.9 Å². The summed E-state index contributed by atoms with van der Waals surface area (Å²) in [6, 6.07) is 16.0. The van der Waals surface area contributed by atoms with E-state index in [-0.39, 0.29) is 12.7 Å². The van der Waals surface area contributed by atoms with Crippen molar-refractivity contribution in [1.82, 2.24) is 9.47 Å². The molecule has 39 heavy (non-hydrogen) atoms. The summed E-state index contributed by atoms with van der Waals surface area (Å²) >= 11 is 0. The van der Waals surface area contributed by atoms with Gasteiger partial charge in [0.05, 0.1) is 36.1 Å². The Kier molecular flexibility index (Phi) is 8.36. The number of aliphatic hydroxyl groups excluding tert-OH is 1. The van der Waals surface area contributed by atoms with Crippen LogP contribution < -0.4 is 10.1 Å². The van der Waals surface area contributed by atoms with Gasteiger partial charge in [-0.1, -0.05) is 12.1 Å². The van der Waals surface area contributed by atoms with Gasteiger partial charge in [0.2, 0.25) is 0 Å². The molecule has 1 aromatic heterocycles. The lowest BCUT2D eigenvalue weighted by atomic mass is 9.92. The number of morpholine rings is 1. The van der Waals surface area contributed by atoms with E-state index in [0.717, 1.165) is 54.5 Å². The first-order valence-electron chi connectivity index (χ1n) is 13.7. The van der Waals surface area contributed by atoms with Gasteiger partial charge in [0.15, 0.2) is 0 Å². The summed E-state index contributed by atoms with van der Waals surface area (Å²) in [7, 11) is 0. The molecular formula is C30H36N4O5. The number of rotatable bonds is 9. The zero-order chi connectivity index (χ0) is 27.4. The Labute approximate surface area is 228 Å². The number of aromatic nitrogens is 1. The van der Waals surface area contributed by atoms with Gasteiger partial charge in [-0.05, 0) is 62.9 Å². The van der Waals surface area contributed by atoms with E-state index in [4.69, 9.17) is 14.2 Å². The van der Waals surface area contributed by atoms with E-state index in [1.54, 1.807) is 13.8 Å². The van der Waals surface area contributed by atoms with Crippen molar-refractivity contribution in [3.8, 4) is 23.1 Å². The maximum Gasteiger partial charge on any atom is 0.411 e. The van der Waals surface area contributed by atoms with Crippen molar-refractivity contribution in [2.45, 2.75) is 51.4 Å². The SMILES string of the molecule is CC(C)OC(=O)Nc1ccc(-c2c(C#N)c3ccc(OCC(O)CN4CCOCC4)cc3n2C2CCC2)cc1. The van der Waals surface area contributed by atoms with E-state index in [9.17, 15) is 15.2 Å². The molecule has 2 aromatic carbocycles. The average molecular weight is 533 g/mol. The molecule has 2 N–H and O–H groups in total. The second kappa shape index (κ2) is 12.1. The smallest absolute Gasteiger partial charge is 0.411 e. The van der Waals surface area contributed by atoms with Gasteiger partial charge in [-0.25, -0.2) is 4.79 Å². The highest BCUT2D eigenvalue weighted by atomic mass is 16.6. The molecule has 3 aromatic rings. The van der Waals surface area contributed by atoms with Crippen molar-refractivity contribution < 1.29 is 24.1 Å². The lowest BCUT2D eigenvalue weighted by Crippen LogP contribution is -2.42. The first-order chi connectivity index (χ1) is 18.9. The third-order valence-electron chi connectivity index (χ3n) is 7.29.